The van der Waals surface area contributed by atoms with Gasteiger partial charge < -0.3 is 10.2 Å². The summed E-state index contributed by atoms with van der Waals surface area (Å²) < 4.78 is 3.38. The van der Waals surface area contributed by atoms with Crippen molar-refractivity contribution in [2.45, 2.75) is 39.0 Å². The zero-order chi connectivity index (χ0) is 23.0. The zero-order valence-electron chi connectivity index (χ0n) is 19.0. The maximum atomic E-state index is 13.2. The van der Waals surface area contributed by atoms with Crippen molar-refractivity contribution >= 4 is 23.2 Å². The minimum Gasteiger partial charge on any atom is -0.355 e. The predicted molar refractivity (Wildman–Crippen MR) is 124 cm³/mol. The third-order valence-electron chi connectivity index (χ3n) is 5.93. The second-order valence-corrected chi connectivity index (χ2v) is 9.34. The number of carbonyl (C=O) groups excluding carboxylic acids is 1. The van der Waals surface area contributed by atoms with Gasteiger partial charge in [0.05, 0.1) is 5.69 Å². The Morgan fingerprint density at radius 2 is 1.88 bits per heavy atom. The number of amides is 1. The van der Waals surface area contributed by atoms with E-state index in [0.29, 0.717) is 17.3 Å². The van der Waals surface area contributed by atoms with E-state index in [1.807, 2.05) is 36.4 Å². The van der Waals surface area contributed by atoms with Gasteiger partial charge in [-0.1, -0.05) is 26.8 Å². The molecule has 1 aliphatic heterocycles. The monoisotopic (exact) mass is 445 g/mol. The molecule has 1 amide bonds. The Kier molecular flexibility index (Phi) is 5.27. The molecule has 170 valence electrons. The largest absolute Gasteiger partial charge is 0.355 e. The number of hydrogen-bond donors (Lipinski definition) is 1. The van der Waals surface area contributed by atoms with Crippen LogP contribution in [0.4, 0.5) is 11.6 Å². The van der Waals surface area contributed by atoms with Crippen LogP contribution in [0.1, 0.15) is 39.3 Å². The van der Waals surface area contributed by atoms with E-state index in [1.54, 1.807) is 21.7 Å². The smallest absolute Gasteiger partial charge is 0.228 e. The van der Waals surface area contributed by atoms with Gasteiger partial charge in [-0.2, -0.15) is 14.3 Å². The average Bonchev–Trinajstić information content (AvgIpc) is 3.46. The van der Waals surface area contributed by atoms with Crippen molar-refractivity contribution in [2.75, 3.05) is 23.3 Å². The van der Waals surface area contributed by atoms with Crippen LogP contribution in [0.25, 0.3) is 11.5 Å². The van der Waals surface area contributed by atoms with Gasteiger partial charge in [0.2, 0.25) is 5.91 Å². The van der Waals surface area contributed by atoms with Gasteiger partial charge in [-0.15, -0.1) is 15.3 Å². The standard InChI is InChI=1S/C23H27N9O/c1-23(2,3)17-14-21(32(28-17)18-6-4-5-11-24-18)26-22(33)16-9-12-30(13-10-16)20-8-7-19-27-25-15-31(19)29-20/h4-8,11,14-16H,9-10,12-13H2,1-3H3,(H,26,33). The lowest BCUT2D eigenvalue weighted by molar-refractivity contribution is -0.120. The lowest BCUT2D eigenvalue weighted by atomic mass is 9.92. The van der Waals surface area contributed by atoms with Gasteiger partial charge in [-0.05, 0) is 37.1 Å². The first-order chi connectivity index (χ1) is 15.9. The van der Waals surface area contributed by atoms with E-state index in [4.69, 9.17) is 5.10 Å². The Morgan fingerprint density at radius 3 is 2.61 bits per heavy atom. The summed E-state index contributed by atoms with van der Waals surface area (Å²) in [6.07, 6.45) is 4.81. The first-order valence-electron chi connectivity index (χ1n) is 11.1. The molecule has 1 saturated heterocycles. The first kappa shape index (κ1) is 21.0. The first-order valence-corrected chi connectivity index (χ1v) is 11.1. The molecule has 10 nitrogen and oxygen atoms in total. The van der Waals surface area contributed by atoms with Gasteiger partial charge in [0.25, 0.3) is 0 Å². The fourth-order valence-electron chi connectivity index (χ4n) is 3.98. The number of pyridine rings is 1. The number of carbonyl (C=O) groups is 1. The Hall–Kier alpha value is -3.82. The Morgan fingerprint density at radius 1 is 1.06 bits per heavy atom. The molecule has 10 heteroatoms. The number of nitrogens with one attached hydrogen (secondary N) is 1. The van der Waals surface area contributed by atoms with Crippen LogP contribution in [0.5, 0.6) is 0 Å². The van der Waals surface area contributed by atoms with Crippen LogP contribution in [0.15, 0.2) is 48.9 Å². The molecule has 0 aliphatic carbocycles. The number of fused-ring (bicyclic) bond motifs is 1. The topological polar surface area (TPSA) is 106 Å². The second kappa shape index (κ2) is 8.27. The molecule has 5 heterocycles. The molecule has 0 saturated carbocycles. The summed E-state index contributed by atoms with van der Waals surface area (Å²) in [5.41, 5.74) is 1.46. The van der Waals surface area contributed by atoms with Gasteiger partial charge in [-0.3, -0.25) is 4.79 Å². The minimum atomic E-state index is -0.149. The summed E-state index contributed by atoms with van der Waals surface area (Å²) in [4.78, 5) is 19.8. The van der Waals surface area contributed by atoms with Crippen LogP contribution < -0.4 is 10.2 Å². The molecule has 0 atom stereocenters. The zero-order valence-corrected chi connectivity index (χ0v) is 19.0. The van der Waals surface area contributed by atoms with Gasteiger partial charge in [-0.25, -0.2) is 4.98 Å². The van der Waals surface area contributed by atoms with Gasteiger partial charge in [0, 0.05) is 36.7 Å². The molecule has 1 N–H and O–H groups in total. The Labute approximate surface area is 191 Å². The van der Waals surface area contributed by atoms with E-state index in [2.05, 4.69) is 51.3 Å². The highest BCUT2D eigenvalue weighted by molar-refractivity contribution is 5.92. The summed E-state index contributed by atoms with van der Waals surface area (Å²) in [6.45, 7) is 7.82. The third-order valence-corrected chi connectivity index (χ3v) is 5.93. The van der Waals surface area contributed by atoms with Crippen LogP contribution in [0, 0.1) is 5.92 Å². The van der Waals surface area contributed by atoms with Crippen molar-refractivity contribution in [3.63, 3.8) is 0 Å². The quantitative estimate of drug-likeness (QED) is 0.515. The molecule has 1 aliphatic rings. The van der Waals surface area contributed by atoms with E-state index in [9.17, 15) is 4.79 Å². The van der Waals surface area contributed by atoms with Crippen molar-refractivity contribution < 1.29 is 4.79 Å². The van der Waals surface area contributed by atoms with Crippen LogP contribution >= 0.6 is 0 Å². The number of piperidine rings is 1. The van der Waals surface area contributed by atoms with Crippen LogP contribution in [0.3, 0.4) is 0 Å². The molecule has 0 radical (unpaired) electrons. The average molecular weight is 446 g/mol. The molecular formula is C23H27N9O. The molecule has 4 aromatic rings. The maximum Gasteiger partial charge on any atom is 0.228 e. The Bertz CT molecular complexity index is 1260. The highest BCUT2D eigenvalue weighted by Crippen LogP contribution is 2.27. The van der Waals surface area contributed by atoms with E-state index in [1.165, 1.54) is 0 Å². The fourth-order valence-corrected chi connectivity index (χ4v) is 3.98. The summed E-state index contributed by atoms with van der Waals surface area (Å²) >= 11 is 0. The maximum absolute atomic E-state index is 13.2. The van der Waals surface area contributed by atoms with Crippen LogP contribution in [0.2, 0.25) is 0 Å². The highest BCUT2D eigenvalue weighted by atomic mass is 16.2. The molecule has 4 aromatic heterocycles. The summed E-state index contributed by atoms with van der Waals surface area (Å²) in [7, 11) is 0. The Balaban J connectivity index is 1.29. The molecule has 0 spiro atoms. The van der Waals surface area contributed by atoms with Crippen LogP contribution in [-0.2, 0) is 10.2 Å². The number of hydrogen-bond acceptors (Lipinski definition) is 7. The van der Waals surface area contributed by atoms with Gasteiger partial charge >= 0.3 is 0 Å². The van der Waals surface area contributed by atoms with E-state index in [0.717, 1.165) is 37.4 Å². The van der Waals surface area contributed by atoms with E-state index >= 15 is 0 Å². The van der Waals surface area contributed by atoms with E-state index in [-0.39, 0.29) is 17.2 Å². The molecule has 33 heavy (non-hydrogen) atoms. The van der Waals surface area contributed by atoms with Crippen molar-refractivity contribution in [1.82, 2.24) is 34.6 Å². The number of nitrogens with zero attached hydrogens (tertiary/aromatic N) is 8. The third kappa shape index (κ3) is 4.28. The normalized spacial score (nSPS) is 15.2. The van der Waals surface area contributed by atoms with Gasteiger partial charge in [0.15, 0.2) is 11.5 Å². The number of aromatic nitrogens is 7. The number of rotatable bonds is 4. The molecule has 0 unspecified atom stereocenters. The highest BCUT2D eigenvalue weighted by Gasteiger charge is 2.28. The second-order valence-electron chi connectivity index (χ2n) is 9.34. The summed E-state index contributed by atoms with van der Waals surface area (Å²) in [5.74, 6) is 2.11. The molecular weight excluding hydrogens is 418 g/mol. The van der Waals surface area contributed by atoms with Crippen molar-refractivity contribution in [3.8, 4) is 5.82 Å². The van der Waals surface area contributed by atoms with Crippen molar-refractivity contribution in [1.29, 1.82) is 0 Å². The van der Waals surface area contributed by atoms with Crippen LogP contribution in [-0.4, -0.2) is 53.6 Å². The summed E-state index contributed by atoms with van der Waals surface area (Å²) in [5, 5.41) is 20.3. The molecule has 5 rings (SSSR count). The lowest BCUT2D eigenvalue weighted by Gasteiger charge is -2.31. The minimum absolute atomic E-state index is 0.00871. The molecule has 1 fully saturated rings. The van der Waals surface area contributed by atoms with Crippen molar-refractivity contribution in [2.24, 2.45) is 5.92 Å². The summed E-state index contributed by atoms with van der Waals surface area (Å²) in [6, 6.07) is 11.4. The molecule has 0 aromatic carbocycles. The SMILES string of the molecule is CC(C)(C)c1cc(NC(=O)C2CCN(c3ccc4nncn4n3)CC2)n(-c2ccccn2)n1. The van der Waals surface area contributed by atoms with E-state index < -0.39 is 0 Å². The predicted octanol–water partition coefficient (Wildman–Crippen LogP) is 2.86. The number of anilines is 2. The van der Waals surface area contributed by atoms with Crippen molar-refractivity contribution in [3.05, 3.63) is 54.6 Å². The molecule has 0 bridgehead atoms. The van der Waals surface area contributed by atoms with Gasteiger partial charge in [0.1, 0.15) is 18.0 Å². The lowest BCUT2D eigenvalue weighted by Crippen LogP contribution is -2.39. The fraction of sp³-hybridized carbons (Fsp3) is 0.391.